The zero-order valence-corrected chi connectivity index (χ0v) is 12.8. The van der Waals surface area contributed by atoms with Gasteiger partial charge in [-0.05, 0) is 23.6 Å². The van der Waals surface area contributed by atoms with Gasteiger partial charge in [0, 0.05) is 6.54 Å². The molecule has 0 saturated carbocycles. The highest BCUT2D eigenvalue weighted by molar-refractivity contribution is 7.92. The van der Waals surface area contributed by atoms with Crippen LogP contribution in [0.4, 0.5) is 0 Å². The van der Waals surface area contributed by atoms with Gasteiger partial charge in [0.15, 0.2) is 9.84 Å². The lowest BCUT2D eigenvalue weighted by atomic mass is 10.1. The third kappa shape index (κ3) is 6.40. The van der Waals surface area contributed by atoms with E-state index >= 15 is 0 Å². The molecular formula is C14H19NO5S. The molecule has 7 heteroatoms. The third-order valence-corrected chi connectivity index (χ3v) is 4.51. The predicted octanol–water partition coefficient (Wildman–Crippen LogP) is 1.07. The number of aromatic carboxylic acids is 1. The molecular weight excluding hydrogens is 294 g/mol. The molecule has 1 amide bonds. The fraction of sp³-hybridized carbons (Fsp3) is 0.429. The van der Waals surface area contributed by atoms with E-state index in [9.17, 15) is 18.0 Å². The first-order chi connectivity index (χ1) is 9.69. The molecule has 0 fully saturated rings. The number of carbonyl (C=O) groups excluding carboxylic acids is 1. The van der Waals surface area contributed by atoms with E-state index in [2.05, 4.69) is 5.32 Å². The molecule has 1 aromatic carbocycles. The molecule has 116 valence electrons. The van der Waals surface area contributed by atoms with E-state index in [4.69, 9.17) is 5.11 Å². The van der Waals surface area contributed by atoms with Crippen LogP contribution in [0.25, 0.3) is 0 Å². The van der Waals surface area contributed by atoms with Gasteiger partial charge in [0.25, 0.3) is 0 Å². The van der Waals surface area contributed by atoms with E-state index in [1.165, 1.54) is 12.1 Å². The minimum absolute atomic E-state index is 0.0201. The largest absolute Gasteiger partial charge is 0.478 e. The predicted molar refractivity (Wildman–Crippen MR) is 78.7 cm³/mol. The van der Waals surface area contributed by atoms with Gasteiger partial charge in [0.05, 0.1) is 11.3 Å². The smallest absolute Gasteiger partial charge is 0.335 e. The molecule has 0 radical (unpaired) electrons. The molecule has 0 saturated heterocycles. The van der Waals surface area contributed by atoms with Crippen molar-refractivity contribution in [3.63, 3.8) is 0 Å². The lowest BCUT2D eigenvalue weighted by molar-refractivity contribution is -0.118. The van der Waals surface area contributed by atoms with Crippen molar-refractivity contribution in [1.29, 1.82) is 0 Å². The summed E-state index contributed by atoms with van der Waals surface area (Å²) < 4.78 is 23.3. The van der Waals surface area contributed by atoms with Crippen molar-refractivity contribution in [3.8, 4) is 0 Å². The van der Waals surface area contributed by atoms with E-state index < -0.39 is 27.5 Å². The van der Waals surface area contributed by atoms with Gasteiger partial charge in [-0.25, -0.2) is 13.2 Å². The van der Waals surface area contributed by atoms with Crippen LogP contribution in [0, 0.1) is 5.92 Å². The number of benzene rings is 1. The van der Waals surface area contributed by atoms with Crippen molar-refractivity contribution in [1.82, 2.24) is 5.32 Å². The molecule has 0 aliphatic rings. The van der Waals surface area contributed by atoms with E-state index in [-0.39, 0.29) is 23.8 Å². The molecule has 1 rings (SSSR count). The van der Waals surface area contributed by atoms with Crippen molar-refractivity contribution >= 4 is 21.7 Å². The van der Waals surface area contributed by atoms with E-state index in [0.29, 0.717) is 5.56 Å². The topological polar surface area (TPSA) is 101 Å². The van der Waals surface area contributed by atoms with Gasteiger partial charge >= 0.3 is 5.97 Å². The normalized spacial score (nSPS) is 11.4. The Bertz CT molecular complexity index is 605. The Kier molecular flexibility index (Phi) is 5.90. The summed E-state index contributed by atoms with van der Waals surface area (Å²) in [7, 11) is -3.39. The summed E-state index contributed by atoms with van der Waals surface area (Å²) in [5.74, 6) is -2.15. The Hall–Kier alpha value is -1.89. The first-order valence-corrected chi connectivity index (χ1v) is 8.31. The average molecular weight is 313 g/mol. The lowest BCUT2D eigenvalue weighted by Gasteiger charge is -2.08. The maximum atomic E-state index is 11.7. The van der Waals surface area contributed by atoms with Crippen LogP contribution in [0.1, 0.15) is 29.8 Å². The quantitative estimate of drug-likeness (QED) is 0.784. The van der Waals surface area contributed by atoms with E-state index in [0.717, 1.165) is 0 Å². The summed E-state index contributed by atoms with van der Waals surface area (Å²) in [5, 5.41) is 11.3. The van der Waals surface area contributed by atoms with Gasteiger partial charge in [-0.3, -0.25) is 4.79 Å². The minimum Gasteiger partial charge on any atom is -0.478 e. The number of hydrogen-bond acceptors (Lipinski definition) is 4. The average Bonchev–Trinajstić information content (AvgIpc) is 2.34. The van der Waals surface area contributed by atoms with Gasteiger partial charge in [-0.2, -0.15) is 0 Å². The van der Waals surface area contributed by atoms with E-state index in [1.807, 2.05) is 0 Å². The van der Waals surface area contributed by atoms with Crippen molar-refractivity contribution < 1.29 is 23.1 Å². The molecule has 0 aromatic heterocycles. The molecule has 6 nitrogen and oxygen atoms in total. The van der Waals surface area contributed by atoms with Crippen LogP contribution in [0.3, 0.4) is 0 Å². The van der Waals surface area contributed by atoms with Crippen LogP contribution >= 0.6 is 0 Å². The van der Waals surface area contributed by atoms with Crippen LogP contribution < -0.4 is 5.32 Å². The summed E-state index contributed by atoms with van der Waals surface area (Å²) in [6.45, 7) is 3.72. The van der Waals surface area contributed by atoms with Gasteiger partial charge in [0.1, 0.15) is 5.75 Å². The monoisotopic (exact) mass is 313 g/mol. The SMILES string of the molecule is CC(C)CS(=O)(=O)CC(=O)NCc1ccc(C(=O)O)cc1. The zero-order chi connectivity index (χ0) is 16.0. The number of rotatable bonds is 7. The lowest BCUT2D eigenvalue weighted by Crippen LogP contribution is -2.31. The molecule has 0 spiro atoms. The van der Waals surface area contributed by atoms with Gasteiger partial charge in [-0.15, -0.1) is 0 Å². The first-order valence-electron chi connectivity index (χ1n) is 6.49. The highest BCUT2D eigenvalue weighted by Gasteiger charge is 2.17. The van der Waals surface area contributed by atoms with E-state index in [1.54, 1.807) is 26.0 Å². The highest BCUT2D eigenvalue weighted by atomic mass is 32.2. The molecule has 0 heterocycles. The maximum absolute atomic E-state index is 11.7. The number of hydrogen-bond donors (Lipinski definition) is 2. The molecule has 2 N–H and O–H groups in total. The Labute approximate surface area is 124 Å². The summed E-state index contributed by atoms with van der Waals surface area (Å²) in [6, 6.07) is 6.01. The first kappa shape index (κ1) is 17.2. The summed E-state index contributed by atoms with van der Waals surface area (Å²) in [5.41, 5.74) is 0.860. The Morgan fingerprint density at radius 1 is 1.19 bits per heavy atom. The number of nitrogens with one attached hydrogen (secondary N) is 1. The van der Waals surface area contributed by atoms with Crippen LogP contribution in [0.5, 0.6) is 0 Å². The molecule has 1 aromatic rings. The Morgan fingerprint density at radius 2 is 1.76 bits per heavy atom. The van der Waals surface area contributed by atoms with Crippen LogP contribution in [0.2, 0.25) is 0 Å². The van der Waals surface area contributed by atoms with Crippen LogP contribution in [-0.4, -0.2) is 36.9 Å². The molecule has 0 unspecified atom stereocenters. The summed E-state index contributed by atoms with van der Waals surface area (Å²) in [4.78, 5) is 22.3. The Balaban J connectivity index is 2.51. The second kappa shape index (κ2) is 7.21. The zero-order valence-electron chi connectivity index (χ0n) is 12.0. The second-order valence-electron chi connectivity index (χ2n) is 5.23. The maximum Gasteiger partial charge on any atom is 0.335 e. The fourth-order valence-electron chi connectivity index (χ4n) is 1.78. The summed E-state index contributed by atoms with van der Waals surface area (Å²) >= 11 is 0. The molecule has 0 aliphatic heterocycles. The fourth-order valence-corrected chi connectivity index (χ4v) is 3.42. The van der Waals surface area contributed by atoms with Crippen molar-refractivity contribution in [3.05, 3.63) is 35.4 Å². The molecule has 0 atom stereocenters. The molecule has 0 bridgehead atoms. The van der Waals surface area contributed by atoms with Gasteiger partial charge in [-0.1, -0.05) is 26.0 Å². The van der Waals surface area contributed by atoms with Crippen molar-refractivity contribution in [2.75, 3.05) is 11.5 Å². The summed E-state index contributed by atoms with van der Waals surface area (Å²) in [6.07, 6.45) is 0. The number of carboxylic acids is 1. The molecule has 21 heavy (non-hydrogen) atoms. The number of amides is 1. The second-order valence-corrected chi connectivity index (χ2v) is 7.34. The number of carboxylic acid groups (broad SMARTS) is 1. The van der Waals surface area contributed by atoms with Crippen molar-refractivity contribution in [2.24, 2.45) is 5.92 Å². The van der Waals surface area contributed by atoms with Crippen LogP contribution in [-0.2, 0) is 21.2 Å². The molecule has 0 aliphatic carbocycles. The van der Waals surface area contributed by atoms with Crippen LogP contribution in [0.15, 0.2) is 24.3 Å². The number of sulfone groups is 1. The Morgan fingerprint density at radius 3 is 2.24 bits per heavy atom. The standard InChI is InChI=1S/C14H19NO5S/c1-10(2)8-21(19,20)9-13(16)15-7-11-3-5-12(6-4-11)14(17)18/h3-6,10H,7-9H2,1-2H3,(H,15,16)(H,17,18). The van der Waals surface area contributed by atoms with Crippen molar-refractivity contribution in [2.45, 2.75) is 20.4 Å². The highest BCUT2D eigenvalue weighted by Crippen LogP contribution is 2.05. The van der Waals surface area contributed by atoms with Gasteiger partial charge in [0.2, 0.25) is 5.91 Å². The third-order valence-electron chi connectivity index (χ3n) is 2.63. The number of carbonyl (C=O) groups is 2. The van der Waals surface area contributed by atoms with Gasteiger partial charge < -0.3 is 10.4 Å². The minimum atomic E-state index is -3.39.